The van der Waals surface area contributed by atoms with Crippen LogP contribution in [0.25, 0.3) is 0 Å². The number of thiophene rings is 1. The second-order valence-electron chi connectivity index (χ2n) is 4.76. The summed E-state index contributed by atoms with van der Waals surface area (Å²) in [5, 5.41) is 2.17. The van der Waals surface area contributed by atoms with E-state index in [1.165, 1.54) is 11.1 Å². The van der Waals surface area contributed by atoms with Crippen LogP contribution in [0.1, 0.15) is 24.1 Å². The van der Waals surface area contributed by atoms with Crippen LogP contribution in [0.5, 0.6) is 0 Å². The lowest BCUT2D eigenvalue weighted by molar-refractivity contribution is 0.211. The summed E-state index contributed by atoms with van der Waals surface area (Å²) in [6, 6.07) is 6.49. The standard InChI is InChI=1S/C14H18BrN3S/c1-10(16)14(12-3-5-17-6-4-12)18(2)8-11-7-13(15)19-9-11/h3-7,9-10,14H,8,16H2,1-2H3. The normalized spacial score (nSPS) is 14.6. The van der Waals surface area contributed by atoms with Crippen LogP contribution in [-0.2, 0) is 6.54 Å². The van der Waals surface area contributed by atoms with Crippen LogP contribution in [0.4, 0.5) is 0 Å². The van der Waals surface area contributed by atoms with Crippen molar-refractivity contribution in [3.63, 3.8) is 0 Å². The van der Waals surface area contributed by atoms with Crippen LogP contribution in [0.2, 0.25) is 0 Å². The zero-order valence-electron chi connectivity index (χ0n) is 11.1. The van der Waals surface area contributed by atoms with Gasteiger partial charge < -0.3 is 5.73 Å². The zero-order chi connectivity index (χ0) is 13.8. The molecule has 0 amide bonds. The molecular formula is C14H18BrN3S. The maximum absolute atomic E-state index is 6.16. The SMILES string of the molecule is CC(N)C(c1ccncc1)N(C)Cc1csc(Br)c1. The molecule has 2 N–H and O–H groups in total. The molecule has 0 fully saturated rings. The predicted molar refractivity (Wildman–Crippen MR) is 84.1 cm³/mol. The van der Waals surface area contributed by atoms with Gasteiger partial charge in [-0.05, 0) is 64.6 Å². The highest BCUT2D eigenvalue weighted by Crippen LogP contribution is 2.26. The van der Waals surface area contributed by atoms with Crippen molar-refractivity contribution in [2.45, 2.75) is 25.6 Å². The molecule has 3 nitrogen and oxygen atoms in total. The Balaban J connectivity index is 2.15. The Morgan fingerprint density at radius 2 is 2.11 bits per heavy atom. The van der Waals surface area contributed by atoms with Crippen LogP contribution in [0, 0.1) is 0 Å². The van der Waals surface area contributed by atoms with E-state index in [9.17, 15) is 0 Å². The van der Waals surface area contributed by atoms with Gasteiger partial charge in [0.1, 0.15) is 0 Å². The molecule has 19 heavy (non-hydrogen) atoms. The Morgan fingerprint density at radius 1 is 1.42 bits per heavy atom. The van der Waals surface area contributed by atoms with E-state index in [4.69, 9.17) is 5.73 Å². The number of nitrogens with two attached hydrogens (primary N) is 1. The molecule has 0 aliphatic rings. The molecule has 5 heteroatoms. The fraction of sp³-hybridized carbons (Fsp3) is 0.357. The average molecular weight is 340 g/mol. The molecular weight excluding hydrogens is 322 g/mol. The lowest BCUT2D eigenvalue weighted by Gasteiger charge is -2.31. The number of rotatable bonds is 5. The predicted octanol–water partition coefficient (Wildman–Crippen LogP) is 3.43. The van der Waals surface area contributed by atoms with E-state index < -0.39 is 0 Å². The van der Waals surface area contributed by atoms with E-state index in [-0.39, 0.29) is 12.1 Å². The molecule has 0 radical (unpaired) electrons. The minimum atomic E-state index is 0.0643. The van der Waals surface area contributed by atoms with Crippen molar-refractivity contribution >= 4 is 27.3 Å². The van der Waals surface area contributed by atoms with Gasteiger partial charge in [-0.3, -0.25) is 9.88 Å². The summed E-state index contributed by atoms with van der Waals surface area (Å²) in [4.78, 5) is 6.36. The van der Waals surface area contributed by atoms with Crippen LogP contribution in [0.15, 0.2) is 39.8 Å². The summed E-state index contributed by atoms with van der Waals surface area (Å²) in [7, 11) is 2.11. The van der Waals surface area contributed by atoms with Gasteiger partial charge in [-0.1, -0.05) is 0 Å². The van der Waals surface area contributed by atoms with Gasteiger partial charge in [0.25, 0.3) is 0 Å². The van der Waals surface area contributed by atoms with Gasteiger partial charge in [0.05, 0.1) is 3.79 Å². The molecule has 2 unspecified atom stereocenters. The molecule has 2 aromatic rings. The molecule has 102 valence electrons. The van der Waals surface area contributed by atoms with E-state index in [0.29, 0.717) is 0 Å². The Hall–Kier alpha value is -0.750. The van der Waals surface area contributed by atoms with E-state index in [1.807, 2.05) is 31.5 Å². The van der Waals surface area contributed by atoms with Crippen molar-refractivity contribution < 1.29 is 0 Å². The van der Waals surface area contributed by atoms with Crippen molar-refractivity contribution in [1.82, 2.24) is 9.88 Å². The van der Waals surface area contributed by atoms with Crippen molar-refractivity contribution in [3.05, 3.63) is 50.9 Å². The highest BCUT2D eigenvalue weighted by Gasteiger charge is 2.21. The van der Waals surface area contributed by atoms with Crippen LogP contribution in [-0.4, -0.2) is 23.0 Å². The monoisotopic (exact) mass is 339 g/mol. The molecule has 2 aromatic heterocycles. The molecule has 0 aliphatic carbocycles. The molecule has 0 saturated carbocycles. The average Bonchev–Trinajstić information content (AvgIpc) is 2.75. The summed E-state index contributed by atoms with van der Waals surface area (Å²) in [6.45, 7) is 2.93. The van der Waals surface area contributed by atoms with Crippen molar-refractivity contribution in [1.29, 1.82) is 0 Å². The first-order valence-corrected chi connectivity index (χ1v) is 7.84. The Bertz CT molecular complexity index is 512. The molecule has 0 aliphatic heterocycles. The zero-order valence-corrected chi connectivity index (χ0v) is 13.5. The summed E-state index contributed by atoms with van der Waals surface area (Å²) >= 11 is 5.21. The molecule has 0 saturated heterocycles. The molecule has 0 bridgehead atoms. The maximum atomic E-state index is 6.16. The number of aromatic nitrogens is 1. The number of pyridine rings is 1. The lowest BCUT2D eigenvalue weighted by atomic mass is 10.0. The van der Waals surface area contributed by atoms with Gasteiger partial charge in [-0.15, -0.1) is 11.3 Å². The molecule has 2 rings (SSSR count). The molecule has 2 heterocycles. The van der Waals surface area contributed by atoms with Gasteiger partial charge in [-0.25, -0.2) is 0 Å². The quantitative estimate of drug-likeness (QED) is 0.907. The third-order valence-corrected chi connectivity index (χ3v) is 4.63. The number of hydrogen-bond acceptors (Lipinski definition) is 4. The number of halogens is 1. The fourth-order valence-electron chi connectivity index (χ4n) is 2.34. The minimum absolute atomic E-state index is 0.0643. The lowest BCUT2D eigenvalue weighted by Crippen LogP contribution is -2.36. The third kappa shape index (κ3) is 3.86. The van der Waals surface area contributed by atoms with Gasteiger partial charge in [-0.2, -0.15) is 0 Å². The Morgan fingerprint density at radius 3 is 2.63 bits per heavy atom. The van der Waals surface area contributed by atoms with E-state index in [1.54, 1.807) is 11.3 Å². The molecule has 0 spiro atoms. The maximum Gasteiger partial charge on any atom is 0.0701 e. The van der Waals surface area contributed by atoms with Gasteiger partial charge in [0, 0.05) is 31.0 Å². The Kier molecular flexibility index (Phi) is 5.10. The highest BCUT2D eigenvalue weighted by atomic mass is 79.9. The number of nitrogens with zero attached hydrogens (tertiary/aromatic N) is 2. The first kappa shape index (κ1) is 14.7. The van der Waals surface area contributed by atoms with Crippen LogP contribution >= 0.6 is 27.3 Å². The smallest absolute Gasteiger partial charge is 0.0701 e. The number of hydrogen-bond donors (Lipinski definition) is 1. The minimum Gasteiger partial charge on any atom is -0.326 e. The number of likely N-dealkylation sites (N-methyl/N-ethyl adjacent to an activating group) is 1. The molecule has 0 aromatic carbocycles. The third-order valence-electron chi connectivity index (χ3n) is 3.07. The summed E-state index contributed by atoms with van der Waals surface area (Å²) in [6.07, 6.45) is 3.64. The summed E-state index contributed by atoms with van der Waals surface area (Å²) in [5.41, 5.74) is 8.67. The Labute approximate surface area is 126 Å². The van der Waals surface area contributed by atoms with E-state index in [0.717, 1.165) is 10.3 Å². The molecule has 2 atom stereocenters. The van der Waals surface area contributed by atoms with Gasteiger partial charge in [0.2, 0.25) is 0 Å². The van der Waals surface area contributed by atoms with Crippen molar-refractivity contribution in [3.8, 4) is 0 Å². The summed E-state index contributed by atoms with van der Waals surface area (Å²) in [5.74, 6) is 0. The largest absolute Gasteiger partial charge is 0.326 e. The van der Waals surface area contributed by atoms with Gasteiger partial charge >= 0.3 is 0 Å². The second kappa shape index (κ2) is 6.61. The van der Waals surface area contributed by atoms with Gasteiger partial charge in [0.15, 0.2) is 0 Å². The topological polar surface area (TPSA) is 42.1 Å². The van der Waals surface area contributed by atoms with E-state index in [2.05, 4.69) is 44.3 Å². The fourth-order valence-corrected chi connectivity index (χ4v) is 3.54. The van der Waals surface area contributed by atoms with Crippen LogP contribution < -0.4 is 5.73 Å². The second-order valence-corrected chi connectivity index (χ2v) is 7.05. The first-order valence-electron chi connectivity index (χ1n) is 6.16. The highest BCUT2D eigenvalue weighted by molar-refractivity contribution is 9.11. The van der Waals surface area contributed by atoms with Crippen LogP contribution in [0.3, 0.4) is 0 Å². The van der Waals surface area contributed by atoms with E-state index >= 15 is 0 Å². The van der Waals surface area contributed by atoms with Crippen molar-refractivity contribution in [2.24, 2.45) is 5.73 Å². The first-order chi connectivity index (χ1) is 9.08. The summed E-state index contributed by atoms with van der Waals surface area (Å²) < 4.78 is 1.16. The van der Waals surface area contributed by atoms with Crippen molar-refractivity contribution in [2.75, 3.05) is 7.05 Å².